The number of fused-ring (bicyclic) bond motifs is 1. The lowest BCUT2D eigenvalue weighted by Gasteiger charge is -2.26. The number of nitrogens with one attached hydrogen (secondary N) is 1. The quantitative estimate of drug-likeness (QED) is 0.697. The van der Waals surface area contributed by atoms with Crippen molar-refractivity contribution in [3.8, 4) is 0 Å². The standard InChI is InChI=1S/C17H17NO4/c1-21-17(20)16-14(19)8-9-22-15(16)7-6-11-10-18-13-5-3-2-4-12(11)13/h2-7,10,15-16,18H,8-9H2,1H3/b7-6+/t15-,16+/m1/s1. The molecule has 1 fully saturated rings. The van der Waals surface area contributed by atoms with Gasteiger partial charge in [0.15, 0.2) is 5.78 Å². The first-order valence-corrected chi connectivity index (χ1v) is 7.17. The number of H-pyrrole nitrogens is 1. The van der Waals surface area contributed by atoms with E-state index in [1.165, 1.54) is 7.11 Å². The van der Waals surface area contributed by atoms with Gasteiger partial charge in [0.05, 0.1) is 19.8 Å². The molecular formula is C17H17NO4. The van der Waals surface area contributed by atoms with E-state index in [0.717, 1.165) is 16.5 Å². The zero-order valence-corrected chi connectivity index (χ0v) is 12.2. The number of aromatic amines is 1. The van der Waals surface area contributed by atoms with Crippen LogP contribution in [0.5, 0.6) is 0 Å². The minimum atomic E-state index is -0.875. The third kappa shape index (κ3) is 2.67. The zero-order valence-electron chi connectivity index (χ0n) is 12.2. The summed E-state index contributed by atoms with van der Waals surface area (Å²) < 4.78 is 10.3. The average molecular weight is 299 g/mol. The van der Waals surface area contributed by atoms with Crippen molar-refractivity contribution in [3.63, 3.8) is 0 Å². The van der Waals surface area contributed by atoms with Crippen LogP contribution in [0.1, 0.15) is 12.0 Å². The highest BCUT2D eigenvalue weighted by Crippen LogP contribution is 2.23. The molecule has 2 heterocycles. The molecule has 5 nitrogen and oxygen atoms in total. The summed E-state index contributed by atoms with van der Waals surface area (Å²) in [7, 11) is 1.28. The number of ether oxygens (including phenoxy) is 2. The number of hydrogen-bond donors (Lipinski definition) is 1. The summed E-state index contributed by atoms with van der Waals surface area (Å²) >= 11 is 0. The minimum Gasteiger partial charge on any atom is -0.468 e. The highest BCUT2D eigenvalue weighted by atomic mass is 16.5. The summed E-state index contributed by atoms with van der Waals surface area (Å²) in [6, 6.07) is 7.93. The van der Waals surface area contributed by atoms with E-state index in [1.807, 2.05) is 36.5 Å². The maximum atomic E-state index is 12.0. The van der Waals surface area contributed by atoms with Gasteiger partial charge < -0.3 is 14.5 Å². The molecule has 0 amide bonds. The molecule has 5 heteroatoms. The summed E-state index contributed by atoms with van der Waals surface area (Å²) in [5.41, 5.74) is 2.02. The molecule has 1 aromatic heterocycles. The monoisotopic (exact) mass is 299 g/mol. The molecule has 2 aromatic rings. The Balaban J connectivity index is 1.86. The fourth-order valence-corrected chi connectivity index (χ4v) is 2.72. The van der Waals surface area contributed by atoms with Gasteiger partial charge in [0.1, 0.15) is 5.92 Å². The third-order valence-electron chi connectivity index (χ3n) is 3.88. The highest BCUT2D eigenvalue weighted by Gasteiger charge is 2.37. The molecule has 1 aromatic carbocycles. The number of benzene rings is 1. The van der Waals surface area contributed by atoms with E-state index in [4.69, 9.17) is 9.47 Å². The Morgan fingerprint density at radius 1 is 1.41 bits per heavy atom. The smallest absolute Gasteiger partial charge is 0.319 e. The summed E-state index contributed by atoms with van der Waals surface area (Å²) in [5, 5.41) is 1.08. The van der Waals surface area contributed by atoms with E-state index in [1.54, 1.807) is 6.08 Å². The molecule has 1 aliphatic heterocycles. The van der Waals surface area contributed by atoms with Crippen LogP contribution in [0.3, 0.4) is 0 Å². The number of carbonyl (C=O) groups excluding carboxylic acids is 2. The van der Waals surface area contributed by atoms with Crippen molar-refractivity contribution < 1.29 is 19.1 Å². The van der Waals surface area contributed by atoms with Gasteiger partial charge in [0, 0.05) is 23.5 Å². The van der Waals surface area contributed by atoms with E-state index in [2.05, 4.69) is 4.98 Å². The number of methoxy groups -OCH3 is 1. The Hall–Kier alpha value is -2.40. The van der Waals surface area contributed by atoms with Crippen LogP contribution in [-0.4, -0.2) is 36.6 Å². The Morgan fingerprint density at radius 3 is 3.05 bits per heavy atom. The van der Waals surface area contributed by atoms with Gasteiger partial charge >= 0.3 is 5.97 Å². The first-order chi connectivity index (χ1) is 10.7. The van der Waals surface area contributed by atoms with Gasteiger partial charge in [-0.25, -0.2) is 0 Å². The van der Waals surface area contributed by atoms with Gasteiger partial charge in [0.2, 0.25) is 0 Å². The second-order valence-corrected chi connectivity index (χ2v) is 5.20. The van der Waals surface area contributed by atoms with Gasteiger partial charge in [-0.1, -0.05) is 30.4 Å². The average Bonchev–Trinajstić information content (AvgIpc) is 2.95. The number of carbonyl (C=O) groups is 2. The number of esters is 1. The fourth-order valence-electron chi connectivity index (χ4n) is 2.72. The normalized spacial score (nSPS) is 22.3. The van der Waals surface area contributed by atoms with Crippen LogP contribution in [0.4, 0.5) is 0 Å². The van der Waals surface area contributed by atoms with Crippen molar-refractivity contribution in [2.45, 2.75) is 12.5 Å². The number of aromatic nitrogens is 1. The first-order valence-electron chi connectivity index (χ1n) is 7.17. The van der Waals surface area contributed by atoms with Gasteiger partial charge in [-0.05, 0) is 11.6 Å². The van der Waals surface area contributed by atoms with Crippen molar-refractivity contribution in [1.82, 2.24) is 4.98 Å². The predicted molar refractivity (Wildman–Crippen MR) is 82.2 cm³/mol. The van der Waals surface area contributed by atoms with Gasteiger partial charge in [-0.2, -0.15) is 0 Å². The van der Waals surface area contributed by atoms with E-state index >= 15 is 0 Å². The van der Waals surface area contributed by atoms with E-state index in [0.29, 0.717) is 6.61 Å². The Kier molecular flexibility index (Phi) is 4.06. The van der Waals surface area contributed by atoms with E-state index < -0.39 is 18.0 Å². The lowest BCUT2D eigenvalue weighted by molar-refractivity contribution is -0.158. The minimum absolute atomic E-state index is 0.133. The van der Waals surface area contributed by atoms with Crippen molar-refractivity contribution >= 4 is 28.7 Å². The molecule has 3 rings (SSSR count). The van der Waals surface area contributed by atoms with Crippen molar-refractivity contribution in [1.29, 1.82) is 0 Å². The Bertz CT molecular complexity index is 723. The van der Waals surface area contributed by atoms with E-state index in [-0.39, 0.29) is 12.2 Å². The van der Waals surface area contributed by atoms with Gasteiger partial charge in [-0.15, -0.1) is 0 Å². The Labute approximate surface area is 127 Å². The van der Waals surface area contributed by atoms with Crippen LogP contribution in [-0.2, 0) is 19.1 Å². The molecular weight excluding hydrogens is 282 g/mol. The molecule has 0 radical (unpaired) electrons. The summed E-state index contributed by atoms with van der Waals surface area (Å²) in [6.45, 7) is 0.329. The maximum absolute atomic E-state index is 12.0. The van der Waals surface area contributed by atoms with Crippen molar-refractivity contribution in [2.75, 3.05) is 13.7 Å². The molecule has 0 saturated carbocycles. The summed E-state index contributed by atoms with van der Waals surface area (Å²) in [6.07, 6.45) is 5.19. The van der Waals surface area contributed by atoms with Gasteiger partial charge in [0.25, 0.3) is 0 Å². The number of para-hydroxylation sites is 1. The molecule has 1 N–H and O–H groups in total. The van der Waals surface area contributed by atoms with Crippen LogP contribution < -0.4 is 0 Å². The van der Waals surface area contributed by atoms with Crippen molar-refractivity contribution in [2.24, 2.45) is 5.92 Å². The largest absolute Gasteiger partial charge is 0.468 e. The molecule has 0 bridgehead atoms. The van der Waals surface area contributed by atoms with Crippen LogP contribution in [0.2, 0.25) is 0 Å². The number of rotatable bonds is 3. The zero-order chi connectivity index (χ0) is 15.5. The number of Topliss-reactive ketones (excluding diaryl/α,β-unsaturated/α-hetero) is 1. The molecule has 0 aliphatic carbocycles. The van der Waals surface area contributed by atoms with Gasteiger partial charge in [-0.3, -0.25) is 9.59 Å². The maximum Gasteiger partial charge on any atom is 0.319 e. The van der Waals surface area contributed by atoms with Crippen molar-refractivity contribution in [3.05, 3.63) is 42.1 Å². The van der Waals surface area contributed by atoms with Crippen LogP contribution >= 0.6 is 0 Å². The van der Waals surface area contributed by atoms with Crippen LogP contribution in [0.25, 0.3) is 17.0 Å². The second kappa shape index (κ2) is 6.15. The van der Waals surface area contributed by atoms with Crippen LogP contribution in [0.15, 0.2) is 36.5 Å². The van der Waals surface area contributed by atoms with Crippen LogP contribution in [0, 0.1) is 5.92 Å². The van der Waals surface area contributed by atoms with E-state index in [9.17, 15) is 9.59 Å². The lowest BCUT2D eigenvalue weighted by atomic mass is 9.92. The fraction of sp³-hybridized carbons (Fsp3) is 0.294. The summed E-state index contributed by atoms with van der Waals surface area (Å²) in [5.74, 6) is -1.55. The molecule has 22 heavy (non-hydrogen) atoms. The number of hydrogen-bond acceptors (Lipinski definition) is 4. The molecule has 1 saturated heterocycles. The molecule has 2 atom stereocenters. The number of ketones is 1. The molecule has 0 spiro atoms. The SMILES string of the molecule is COC(=O)[C@H]1C(=O)CCO[C@@H]1/C=C/c1c[nH]c2ccccc12. The Morgan fingerprint density at radius 2 is 2.23 bits per heavy atom. The topological polar surface area (TPSA) is 68.4 Å². The highest BCUT2D eigenvalue weighted by molar-refractivity contribution is 6.00. The molecule has 1 aliphatic rings. The predicted octanol–water partition coefficient (Wildman–Crippen LogP) is 2.33. The lowest BCUT2D eigenvalue weighted by Crippen LogP contribution is -2.41. The summed E-state index contributed by atoms with van der Waals surface area (Å²) in [4.78, 5) is 26.9. The molecule has 0 unspecified atom stereocenters. The third-order valence-corrected chi connectivity index (χ3v) is 3.88. The second-order valence-electron chi connectivity index (χ2n) is 5.20. The molecule has 114 valence electrons. The first kappa shape index (κ1) is 14.5.